The lowest BCUT2D eigenvalue weighted by Gasteiger charge is -2.29. The van der Waals surface area contributed by atoms with Crippen LogP contribution in [0.1, 0.15) is 31.3 Å². The average molecular weight is 439 g/mol. The fourth-order valence-electron chi connectivity index (χ4n) is 3.22. The number of urea groups is 1. The lowest BCUT2D eigenvalue weighted by Crippen LogP contribution is -2.56. The van der Waals surface area contributed by atoms with E-state index in [1.807, 2.05) is 0 Å². The van der Waals surface area contributed by atoms with E-state index in [1.54, 1.807) is 0 Å². The highest BCUT2D eigenvalue weighted by Gasteiger charge is 2.30. The van der Waals surface area contributed by atoms with Gasteiger partial charge in [0.2, 0.25) is 5.91 Å². The van der Waals surface area contributed by atoms with Crippen molar-refractivity contribution in [3.8, 4) is 0 Å². The van der Waals surface area contributed by atoms with Crippen molar-refractivity contribution < 1.29 is 32.7 Å². The van der Waals surface area contributed by atoms with Gasteiger partial charge in [-0.3, -0.25) is 14.4 Å². The molecule has 2 aliphatic rings. The Bertz CT molecular complexity index is 877. The maximum atomic E-state index is 13.6. The number of halogens is 2. The number of nitrogens with zero attached hydrogens (tertiary/aromatic N) is 1. The van der Waals surface area contributed by atoms with Crippen LogP contribution in [0.5, 0.6) is 0 Å². The van der Waals surface area contributed by atoms with Crippen LogP contribution in [-0.2, 0) is 19.1 Å². The third-order valence-electron chi connectivity index (χ3n) is 5.07. The molecule has 0 bridgehead atoms. The van der Waals surface area contributed by atoms with Gasteiger partial charge in [0, 0.05) is 23.8 Å². The molecule has 1 heterocycles. The minimum absolute atomic E-state index is 0.00533. The van der Waals surface area contributed by atoms with E-state index in [0.29, 0.717) is 0 Å². The zero-order valence-corrected chi connectivity index (χ0v) is 16.5. The van der Waals surface area contributed by atoms with Gasteiger partial charge in [-0.15, -0.1) is 0 Å². The number of morpholine rings is 1. The topological polar surface area (TPSA) is 143 Å². The molecule has 1 aliphatic carbocycles. The molecule has 5 amide bonds. The molecule has 1 atom stereocenters. The molecular weight excluding hydrogens is 416 g/mol. The van der Waals surface area contributed by atoms with Gasteiger partial charge in [-0.25, -0.2) is 13.6 Å². The van der Waals surface area contributed by atoms with Gasteiger partial charge in [-0.05, 0) is 37.5 Å². The number of anilines is 2. The molecule has 3 rings (SSSR count). The summed E-state index contributed by atoms with van der Waals surface area (Å²) in [5.74, 6) is -2.54. The van der Waals surface area contributed by atoms with Crippen molar-refractivity contribution in [2.24, 2.45) is 5.73 Å². The van der Waals surface area contributed by atoms with E-state index in [1.165, 1.54) is 17.0 Å². The van der Waals surface area contributed by atoms with E-state index in [2.05, 4.69) is 16.0 Å². The molecular formula is C19H23F2N5O5. The molecule has 12 heteroatoms. The van der Waals surface area contributed by atoms with Crippen molar-refractivity contribution in [2.45, 2.75) is 37.8 Å². The Labute approximate surface area is 176 Å². The van der Waals surface area contributed by atoms with Crippen LogP contribution in [0.2, 0.25) is 0 Å². The van der Waals surface area contributed by atoms with E-state index in [-0.39, 0.29) is 37.2 Å². The molecule has 168 valence electrons. The van der Waals surface area contributed by atoms with Crippen LogP contribution in [0, 0.1) is 0 Å². The van der Waals surface area contributed by atoms with E-state index in [4.69, 9.17) is 10.5 Å². The second-order valence-corrected chi connectivity index (χ2v) is 7.24. The molecule has 0 spiro atoms. The van der Waals surface area contributed by atoms with E-state index >= 15 is 0 Å². The summed E-state index contributed by atoms with van der Waals surface area (Å²) < 4.78 is 32.3. The number of hydrogen-bond acceptors (Lipinski definition) is 5. The first-order valence-electron chi connectivity index (χ1n) is 9.73. The van der Waals surface area contributed by atoms with E-state index < -0.39 is 41.8 Å². The van der Waals surface area contributed by atoms with Gasteiger partial charge in [0.25, 0.3) is 18.2 Å². The summed E-state index contributed by atoms with van der Waals surface area (Å²) in [5, 5.41) is 7.10. The van der Waals surface area contributed by atoms with Crippen molar-refractivity contribution in [1.29, 1.82) is 0 Å². The lowest BCUT2D eigenvalue weighted by atomic mass is 9.93. The van der Waals surface area contributed by atoms with E-state index in [0.717, 1.165) is 25.3 Å². The fraction of sp³-hybridized carbons (Fsp3) is 0.474. The van der Waals surface area contributed by atoms with Crippen molar-refractivity contribution >= 4 is 35.1 Å². The Balaban J connectivity index is 1.72. The maximum absolute atomic E-state index is 13.6. The van der Waals surface area contributed by atoms with Crippen LogP contribution >= 0.6 is 0 Å². The molecule has 0 aromatic heterocycles. The molecule has 1 aliphatic heterocycles. The van der Waals surface area contributed by atoms with Gasteiger partial charge in [-0.2, -0.15) is 0 Å². The zero-order chi connectivity index (χ0) is 22.5. The number of carbonyl (C=O) groups excluding carboxylic acids is 4. The van der Waals surface area contributed by atoms with Gasteiger partial charge < -0.3 is 31.3 Å². The first kappa shape index (κ1) is 22.4. The number of hydrogen-bond donors (Lipinski definition) is 4. The maximum Gasteiger partial charge on any atom is 0.316 e. The predicted octanol–water partition coefficient (Wildman–Crippen LogP) is 0.631. The highest BCUT2D eigenvalue weighted by molar-refractivity contribution is 6.11. The third kappa shape index (κ3) is 5.45. The van der Waals surface area contributed by atoms with Crippen molar-refractivity contribution in [2.75, 3.05) is 30.0 Å². The number of benzene rings is 1. The van der Waals surface area contributed by atoms with Crippen LogP contribution < -0.4 is 26.6 Å². The summed E-state index contributed by atoms with van der Waals surface area (Å²) >= 11 is 0. The smallest absolute Gasteiger partial charge is 0.316 e. The average Bonchev–Trinajstić information content (AvgIpc) is 2.69. The predicted molar refractivity (Wildman–Crippen MR) is 105 cm³/mol. The minimum atomic E-state index is -2.93. The second kappa shape index (κ2) is 9.69. The standard InChI is InChI=1S/C19H23F2N5O5/c20-16(21)12-8-11(4-5-13(12)26-6-7-31-9-14(26)27)23-18(29)15(17(22)28)25-19(30)24-10-2-1-3-10/h4-5,8,10,15-16H,1-3,6-7,9H2,(H2,22,28)(H,23,29)(H2,24,25,30)/t15-/m0/s1. The van der Waals surface area contributed by atoms with Gasteiger partial charge in [-0.1, -0.05) is 0 Å². The van der Waals surface area contributed by atoms with Crippen molar-refractivity contribution in [3.63, 3.8) is 0 Å². The molecule has 0 unspecified atom stereocenters. The Kier molecular flexibility index (Phi) is 7.00. The molecule has 5 N–H and O–H groups in total. The minimum Gasteiger partial charge on any atom is -0.370 e. The highest BCUT2D eigenvalue weighted by Crippen LogP contribution is 2.33. The third-order valence-corrected chi connectivity index (χ3v) is 5.07. The first-order chi connectivity index (χ1) is 14.8. The van der Waals surface area contributed by atoms with Gasteiger partial charge in [0.15, 0.2) is 6.04 Å². The number of ether oxygens (including phenoxy) is 1. The molecule has 1 aromatic rings. The van der Waals surface area contributed by atoms with Gasteiger partial charge in [0.1, 0.15) is 6.61 Å². The van der Waals surface area contributed by atoms with Crippen LogP contribution in [0.4, 0.5) is 25.0 Å². The lowest BCUT2D eigenvalue weighted by molar-refractivity contribution is -0.128. The molecule has 31 heavy (non-hydrogen) atoms. The summed E-state index contributed by atoms with van der Waals surface area (Å²) in [5.41, 5.74) is 4.70. The SMILES string of the molecule is NC(=O)[C@H](NC(=O)NC1CCC1)C(=O)Nc1ccc(N2CCOCC2=O)c(C(F)F)c1. The monoisotopic (exact) mass is 439 g/mol. The fourth-order valence-corrected chi connectivity index (χ4v) is 3.22. The van der Waals surface area contributed by atoms with Crippen LogP contribution in [0.3, 0.4) is 0 Å². The van der Waals surface area contributed by atoms with Crippen LogP contribution in [0.15, 0.2) is 18.2 Å². The Morgan fingerprint density at radius 2 is 1.97 bits per heavy atom. The van der Waals surface area contributed by atoms with Crippen molar-refractivity contribution in [3.05, 3.63) is 23.8 Å². The Morgan fingerprint density at radius 1 is 1.23 bits per heavy atom. The van der Waals surface area contributed by atoms with Gasteiger partial charge >= 0.3 is 6.03 Å². The number of carbonyl (C=O) groups is 4. The van der Waals surface area contributed by atoms with E-state index in [9.17, 15) is 28.0 Å². The zero-order valence-electron chi connectivity index (χ0n) is 16.5. The molecule has 2 fully saturated rings. The number of amides is 5. The molecule has 1 saturated heterocycles. The summed E-state index contributed by atoms with van der Waals surface area (Å²) in [6.07, 6.45) is -0.353. The van der Waals surface area contributed by atoms with Crippen LogP contribution in [0.25, 0.3) is 0 Å². The second-order valence-electron chi connectivity index (χ2n) is 7.24. The quantitative estimate of drug-likeness (QED) is 0.461. The molecule has 1 saturated carbocycles. The molecule has 1 aromatic carbocycles. The summed E-state index contributed by atoms with van der Waals surface area (Å²) in [6, 6.07) is 1.15. The first-order valence-corrected chi connectivity index (χ1v) is 9.73. The molecule has 10 nitrogen and oxygen atoms in total. The Morgan fingerprint density at radius 3 is 2.55 bits per heavy atom. The summed E-state index contributed by atoms with van der Waals surface area (Å²) in [4.78, 5) is 49.2. The molecule has 0 radical (unpaired) electrons. The Hall–Kier alpha value is -3.28. The highest BCUT2D eigenvalue weighted by atomic mass is 19.3. The summed E-state index contributed by atoms with van der Waals surface area (Å²) in [6.45, 7) is 0.117. The van der Waals surface area contributed by atoms with Crippen LogP contribution in [-0.4, -0.2) is 55.6 Å². The summed E-state index contributed by atoms with van der Waals surface area (Å²) in [7, 11) is 0. The number of rotatable bonds is 7. The number of nitrogens with two attached hydrogens (primary N) is 1. The largest absolute Gasteiger partial charge is 0.370 e. The van der Waals surface area contributed by atoms with Gasteiger partial charge in [0.05, 0.1) is 12.3 Å². The van der Waals surface area contributed by atoms with Crippen molar-refractivity contribution in [1.82, 2.24) is 10.6 Å². The number of nitrogens with one attached hydrogen (secondary N) is 3. The normalized spacial score (nSPS) is 17.6. The number of primary amides is 1. The number of alkyl halides is 2.